The molecule has 1 aliphatic rings. The average Bonchev–Trinajstić information content (AvgIpc) is 3.58. The molecule has 14 N–H and O–H groups in total. The summed E-state index contributed by atoms with van der Waals surface area (Å²) in [7, 11) is 0. The Kier molecular flexibility index (Phi) is 20.0. The summed E-state index contributed by atoms with van der Waals surface area (Å²) in [6.45, 7) is 5.77. The van der Waals surface area contributed by atoms with E-state index in [0.717, 1.165) is 0 Å². The molecule has 0 aromatic heterocycles. The van der Waals surface area contributed by atoms with Gasteiger partial charge in [0.25, 0.3) is 0 Å². The van der Waals surface area contributed by atoms with Crippen molar-refractivity contribution in [1.29, 1.82) is 0 Å². The molecule has 1 fully saturated rings. The Morgan fingerprint density at radius 3 is 1.91 bits per heavy atom. The summed E-state index contributed by atoms with van der Waals surface area (Å²) in [5, 5.41) is 32.5. The summed E-state index contributed by atoms with van der Waals surface area (Å²) >= 11 is 0. The first-order chi connectivity index (χ1) is 25.3. The number of likely N-dealkylation sites (tertiary alicyclic amines) is 1. The number of nitrogens with zero attached hydrogens (tertiary/aromatic N) is 2. The molecule has 0 aromatic rings. The highest BCUT2D eigenvalue weighted by Gasteiger charge is 2.36. The molecule has 0 unspecified atom stereocenters. The summed E-state index contributed by atoms with van der Waals surface area (Å²) in [6, 6.07) is -6.06. The zero-order valence-corrected chi connectivity index (χ0v) is 31.0. The second-order valence-corrected chi connectivity index (χ2v) is 13.4. The summed E-state index contributed by atoms with van der Waals surface area (Å²) in [6.07, 6.45) is 0.473. The molecule has 1 saturated heterocycles. The molecular weight excluding hydrogens is 714 g/mol. The number of nitrogens with two attached hydrogens (primary N) is 3. The van der Waals surface area contributed by atoms with E-state index in [1.54, 1.807) is 13.8 Å². The van der Waals surface area contributed by atoms with Crippen molar-refractivity contribution in [2.75, 3.05) is 32.7 Å². The van der Waals surface area contributed by atoms with Gasteiger partial charge in [0.05, 0.1) is 26.1 Å². The standard InChI is InChI=1S/C32H55N11O11/c1-16(2)11-19(41-29(51)21-8-6-10-43(21)24(46)13-33)28(50)38-15-23(45)42-26(17(3)4)30(52)40-18(7-5-9-36-32(34)35)27(49)37-14-22(44)39-20(31(53)54)12-25(47)48/h16-21,26H,5-15,33H2,1-4H3,(H,37,49)(H,38,50)(H,39,44)(H,40,52)(H,41,51)(H,42,45)(H,47,48)(H,53,54)(H4,34,35,36)/t18-,19-,20-,21-,26-/m0/s1. The maximum atomic E-state index is 13.4. The number of hydrogen-bond donors (Lipinski definition) is 11. The van der Waals surface area contributed by atoms with Crippen LogP contribution in [0.2, 0.25) is 0 Å². The van der Waals surface area contributed by atoms with Crippen LogP contribution < -0.4 is 49.1 Å². The normalized spacial score (nSPS) is 15.9. The van der Waals surface area contributed by atoms with Crippen LogP contribution in [0.3, 0.4) is 0 Å². The van der Waals surface area contributed by atoms with Crippen molar-refractivity contribution in [1.82, 2.24) is 36.8 Å². The minimum atomic E-state index is -1.75. The van der Waals surface area contributed by atoms with Gasteiger partial charge < -0.3 is 64.2 Å². The van der Waals surface area contributed by atoms with Crippen molar-refractivity contribution in [3.05, 3.63) is 0 Å². The van der Waals surface area contributed by atoms with Gasteiger partial charge in [0, 0.05) is 13.1 Å². The average molecular weight is 770 g/mol. The minimum Gasteiger partial charge on any atom is -0.481 e. The lowest BCUT2D eigenvalue weighted by Crippen LogP contribution is -2.58. The lowest BCUT2D eigenvalue weighted by atomic mass is 10.0. The molecule has 0 aliphatic carbocycles. The Balaban J connectivity index is 2.95. The van der Waals surface area contributed by atoms with E-state index < -0.39 is 103 Å². The number of aliphatic imine (C=N–C) groups is 1. The fraction of sp³-hybridized carbons (Fsp3) is 0.688. The van der Waals surface area contributed by atoms with Crippen LogP contribution in [0.25, 0.3) is 0 Å². The lowest BCUT2D eigenvalue weighted by Gasteiger charge is -2.27. The van der Waals surface area contributed by atoms with Crippen molar-refractivity contribution < 1.29 is 53.4 Å². The van der Waals surface area contributed by atoms with Crippen molar-refractivity contribution >= 4 is 59.2 Å². The maximum absolute atomic E-state index is 13.4. The van der Waals surface area contributed by atoms with Crippen LogP contribution in [0.15, 0.2) is 4.99 Å². The highest BCUT2D eigenvalue weighted by atomic mass is 16.4. The molecule has 1 heterocycles. The Morgan fingerprint density at radius 2 is 1.39 bits per heavy atom. The van der Waals surface area contributed by atoms with Crippen molar-refractivity contribution in [3.63, 3.8) is 0 Å². The number of amides is 7. The van der Waals surface area contributed by atoms with Gasteiger partial charge in [-0.1, -0.05) is 27.7 Å². The van der Waals surface area contributed by atoms with E-state index in [2.05, 4.69) is 31.6 Å². The summed E-state index contributed by atoms with van der Waals surface area (Å²) in [5.74, 6) is -8.83. The van der Waals surface area contributed by atoms with Crippen LogP contribution in [-0.4, -0.2) is 137 Å². The second-order valence-electron chi connectivity index (χ2n) is 13.4. The number of carbonyl (C=O) groups excluding carboxylic acids is 7. The van der Waals surface area contributed by atoms with Gasteiger partial charge in [0.15, 0.2) is 5.96 Å². The first-order valence-corrected chi connectivity index (χ1v) is 17.5. The molecule has 22 nitrogen and oxygen atoms in total. The van der Waals surface area contributed by atoms with Gasteiger partial charge in [-0.3, -0.25) is 43.3 Å². The Morgan fingerprint density at radius 1 is 0.796 bits per heavy atom. The van der Waals surface area contributed by atoms with Crippen LogP contribution in [-0.2, 0) is 43.2 Å². The topological polar surface area (TPSA) is 360 Å². The third kappa shape index (κ3) is 16.9. The third-order valence-electron chi connectivity index (χ3n) is 8.09. The number of carbonyl (C=O) groups is 9. The molecule has 1 aliphatic heterocycles. The monoisotopic (exact) mass is 769 g/mol. The number of aliphatic carboxylic acids is 2. The fourth-order valence-corrected chi connectivity index (χ4v) is 5.42. The second kappa shape index (κ2) is 23.2. The molecule has 304 valence electrons. The van der Waals surface area contributed by atoms with E-state index in [9.17, 15) is 43.2 Å². The summed E-state index contributed by atoms with van der Waals surface area (Å²) in [5.41, 5.74) is 16.2. The molecular formula is C32H55N11O11. The SMILES string of the molecule is CC(C)C[C@H](NC(=O)[C@@H]1CCCN1C(=O)CN)C(=O)NCC(=O)N[C@H](C(=O)N[C@@H](CCCN=C(N)N)C(=O)NCC(=O)N[C@@H](CC(=O)O)C(=O)O)C(C)C. The van der Waals surface area contributed by atoms with Gasteiger partial charge >= 0.3 is 11.9 Å². The molecule has 0 spiro atoms. The molecule has 22 heteroatoms. The van der Waals surface area contributed by atoms with E-state index in [1.807, 2.05) is 19.2 Å². The number of guanidine groups is 1. The van der Waals surface area contributed by atoms with Gasteiger partial charge in [-0.2, -0.15) is 0 Å². The zero-order valence-electron chi connectivity index (χ0n) is 31.0. The Hall–Kier alpha value is -5.54. The summed E-state index contributed by atoms with van der Waals surface area (Å²) in [4.78, 5) is 118. The van der Waals surface area contributed by atoms with Gasteiger partial charge in [-0.05, 0) is 43.9 Å². The zero-order chi connectivity index (χ0) is 41.1. The van der Waals surface area contributed by atoms with E-state index in [4.69, 9.17) is 27.4 Å². The third-order valence-corrected chi connectivity index (χ3v) is 8.09. The molecule has 0 bridgehead atoms. The number of rotatable bonds is 23. The largest absolute Gasteiger partial charge is 0.481 e. The highest BCUT2D eigenvalue weighted by molar-refractivity contribution is 5.96. The smallest absolute Gasteiger partial charge is 0.326 e. The van der Waals surface area contributed by atoms with E-state index >= 15 is 0 Å². The first-order valence-electron chi connectivity index (χ1n) is 17.5. The van der Waals surface area contributed by atoms with E-state index in [1.165, 1.54) is 4.90 Å². The molecule has 0 radical (unpaired) electrons. The van der Waals surface area contributed by atoms with Gasteiger partial charge in [-0.25, -0.2) is 4.79 Å². The number of nitrogens with one attached hydrogen (secondary N) is 6. The number of carboxylic acids is 2. The van der Waals surface area contributed by atoms with Crippen molar-refractivity contribution in [2.24, 2.45) is 34.0 Å². The highest BCUT2D eigenvalue weighted by Crippen LogP contribution is 2.18. The first kappa shape index (κ1) is 46.5. The van der Waals surface area contributed by atoms with E-state index in [-0.39, 0.29) is 50.1 Å². The molecule has 7 amide bonds. The molecule has 0 aromatic carbocycles. The Labute approximate surface area is 312 Å². The predicted octanol–water partition coefficient (Wildman–Crippen LogP) is -4.58. The van der Waals surface area contributed by atoms with Gasteiger partial charge in [0.2, 0.25) is 41.4 Å². The van der Waals surface area contributed by atoms with Crippen molar-refractivity contribution in [2.45, 2.75) is 96.4 Å². The summed E-state index contributed by atoms with van der Waals surface area (Å²) < 4.78 is 0. The quantitative estimate of drug-likeness (QED) is 0.0265. The minimum absolute atomic E-state index is 0.0353. The number of carboxylic acid groups (broad SMARTS) is 2. The lowest BCUT2D eigenvalue weighted by molar-refractivity contribution is -0.147. The van der Waals surface area contributed by atoms with E-state index in [0.29, 0.717) is 19.4 Å². The van der Waals surface area contributed by atoms with Gasteiger partial charge in [-0.15, -0.1) is 0 Å². The maximum Gasteiger partial charge on any atom is 0.326 e. The van der Waals surface area contributed by atoms with Crippen LogP contribution in [0, 0.1) is 11.8 Å². The fourth-order valence-electron chi connectivity index (χ4n) is 5.42. The molecule has 1 rings (SSSR count). The van der Waals surface area contributed by atoms with Crippen molar-refractivity contribution in [3.8, 4) is 0 Å². The van der Waals surface area contributed by atoms with Gasteiger partial charge in [0.1, 0.15) is 30.2 Å². The molecule has 5 atom stereocenters. The van der Waals surface area contributed by atoms with Crippen LogP contribution in [0.4, 0.5) is 0 Å². The molecule has 54 heavy (non-hydrogen) atoms. The molecule has 0 saturated carbocycles. The van der Waals surface area contributed by atoms with Crippen LogP contribution in [0.1, 0.15) is 66.2 Å². The number of hydrogen-bond acceptors (Lipinski definition) is 11. The Bertz CT molecular complexity index is 1400. The van der Waals surface area contributed by atoms with Crippen LogP contribution in [0.5, 0.6) is 0 Å². The van der Waals surface area contributed by atoms with Crippen LogP contribution >= 0.6 is 0 Å². The predicted molar refractivity (Wildman–Crippen MR) is 192 cm³/mol.